The number of ether oxygens (including phenoxy) is 2. The molecular weight excluding hydrogens is 282 g/mol. The maximum atomic E-state index is 5.65. The fraction of sp³-hybridized carbons (Fsp3) is 0.538. The van der Waals surface area contributed by atoms with Gasteiger partial charge in [-0.2, -0.15) is 0 Å². The summed E-state index contributed by atoms with van der Waals surface area (Å²) in [6.07, 6.45) is 0.941. The zero-order valence-corrected chi connectivity index (χ0v) is 12.3. The average molecular weight is 302 g/mol. The Balaban J connectivity index is 2.97. The number of nitrogens with one attached hydrogen (secondary N) is 1. The van der Waals surface area contributed by atoms with Gasteiger partial charge in [-0.3, -0.25) is 0 Å². The number of likely N-dealkylation sites (N-methyl/N-ethyl adjacent to an activating group) is 1. The number of hydrogen-bond donors (Lipinski definition) is 1. The van der Waals surface area contributed by atoms with Gasteiger partial charge in [-0.15, -0.1) is 0 Å². The van der Waals surface area contributed by atoms with Gasteiger partial charge in [-0.1, -0.05) is 0 Å². The molecular formula is C13H20BrNO2. The van der Waals surface area contributed by atoms with E-state index < -0.39 is 0 Å². The van der Waals surface area contributed by atoms with Crippen LogP contribution >= 0.6 is 15.9 Å². The van der Waals surface area contributed by atoms with Gasteiger partial charge in [0.1, 0.15) is 11.5 Å². The second-order valence-electron chi connectivity index (χ2n) is 3.61. The van der Waals surface area contributed by atoms with Crippen molar-refractivity contribution in [3.8, 4) is 11.5 Å². The lowest BCUT2D eigenvalue weighted by Gasteiger charge is -2.14. The maximum absolute atomic E-state index is 5.65. The molecule has 0 bridgehead atoms. The lowest BCUT2D eigenvalue weighted by molar-refractivity contribution is 0.319. The summed E-state index contributed by atoms with van der Waals surface area (Å²) in [4.78, 5) is 0. The van der Waals surface area contributed by atoms with Crippen LogP contribution in [0.25, 0.3) is 0 Å². The molecule has 0 fully saturated rings. The van der Waals surface area contributed by atoms with Crippen molar-refractivity contribution in [1.29, 1.82) is 0 Å². The molecule has 17 heavy (non-hydrogen) atoms. The summed E-state index contributed by atoms with van der Waals surface area (Å²) in [5.74, 6) is 1.75. The second kappa shape index (κ2) is 7.56. The van der Waals surface area contributed by atoms with E-state index in [1.54, 1.807) is 0 Å². The monoisotopic (exact) mass is 301 g/mol. The zero-order chi connectivity index (χ0) is 12.7. The van der Waals surface area contributed by atoms with E-state index in [0.717, 1.165) is 28.9 Å². The summed E-state index contributed by atoms with van der Waals surface area (Å²) in [7, 11) is 1.95. The molecule has 0 heterocycles. The Morgan fingerprint density at radius 2 is 1.76 bits per heavy atom. The van der Waals surface area contributed by atoms with Gasteiger partial charge < -0.3 is 14.8 Å². The van der Waals surface area contributed by atoms with Crippen LogP contribution in [-0.4, -0.2) is 26.8 Å². The first kappa shape index (κ1) is 14.3. The van der Waals surface area contributed by atoms with Crippen LogP contribution in [0.3, 0.4) is 0 Å². The highest BCUT2D eigenvalue weighted by Crippen LogP contribution is 2.33. The molecule has 1 aromatic rings. The lowest BCUT2D eigenvalue weighted by Crippen LogP contribution is -2.11. The topological polar surface area (TPSA) is 30.5 Å². The van der Waals surface area contributed by atoms with Crippen molar-refractivity contribution < 1.29 is 9.47 Å². The molecule has 0 radical (unpaired) electrons. The molecule has 0 atom stereocenters. The van der Waals surface area contributed by atoms with Gasteiger partial charge in [0, 0.05) is 6.07 Å². The summed E-state index contributed by atoms with van der Waals surface area (Å²) in [6.45, 7) is 6.21. The molecule has 1 aromatic carbocycles. The van der Waals surface area contributed by atoms with Gasteiger partial charge in [0.15, 0.2) is 0 Å². The molecule has 96 valence electrons. The Bertz CT molecular complexity index is 356. The summed E-state index contributed by atoms with van der Waals surface area (Å²) >= 11 is 3.52. The fourth-order valence-electron chi connectivity index (χ4n) is 1.59. The van der Waals surface area contributed by atoms with E-state index in [9.17, 15) is 0 Å². The normalized spacial score (nSPS) is 10.4. The maximum Gasteiger partial charge on any atom is 0.137 e. The molecule has 1 rings (SSSR count). The lowest BCUT2D eigenvalue weighted by atomic mass is 10.1. The highest BCUT2D eigenvalue weighted by molar-refractivity contribution is 9.10. The van der Waals surface area contributed by atoms with E-state index in [0.29, 0.717) is 13.2 Å². The first-order valence-electron chi connectivity index (χ1n) is 5.95. The first-order chi connectivity index (χ1) is 8.22. The predicted molar refractivity (Wildman–Crippen MR) is 74.1 cm³/mol. The minimum absolute atomic E-state index is 0.653. The molecule has 3 nitrogen and oxygen atoms in total. The third-order valence-corrected chi connectivity index (χ3v) is 2.98. The Labute approximate surface area is 112 Å². The standard InChI is InChI=1S/C13H20BrNO2/c1-4-16-12-9-13(17-5-2)11(14)8-10(12)6-7-15-3/h8-9,15H,4-7H2,1-3H3. The van der Waals surface area contributed by atoms with Gasteiger partial charge >= 0.3 is 0 Å². The van der Waals surface area contributed by atoms with Crippen LogP contribution in [-0.2, 0) is 6.42 Å². The van der Waals surface area contributed by atoms with Crippen molar-refractivity contribution in [3.05, 3.63) is 22.2 Å². The van der Waals surface area contributed by atoms with Crippen LogP contribution in [0.5, 0.6) is 11.5 Å². The number of halogens is 1. The number of benzene rings is 1. The predicted octanol–water partition coefficient (Wildman–Crippen LogP) is 3.01. The molecule has 4 heteroatoms. The van der Waals surface area contributed by atoms with Crippen molar-refractivity contribution in [1.82, 2.24) is 5.32 Å². The van der Waals surface area contributed by atoms with Crippen molar-refractivity contribution >= 4 is 15.9 Å². The van der Waals surface area contributed by atoms with Crippen LogP contribution in [0.4, 0.5) is 0 Å². The Morgan fingerprint density at radius 1 is 1.12 bits per heavy atom. The molecule has 0 aliphatic heterocycles. The number of hydrogen-bond acceptors (Lipinski definition) is 3. The summed E-state index contributed by atoms with van der Waals surface area (Å²) < 4.78 is 12.2. The quantitative estimate of drug-likeness (QED) is 0.840. The van der Waals surface area contributed by atoms with E-state index in [2.05, 4.69) is 27.3 Å². The van der Waals surface area contributed by atoms with E-state index in [1.807, 2.05) is 27.0 Å². The first-order valence-corrected chi connectivity index (χ1v) is 6.74. The van der Waals surface area contributed by atoms with Gasteiger partial charge in [-0.05, 0) is 61.4 Å². The molecule has 1 N–H and O–H groups in total. The minimum Gasteiger partial charge on any atom is -0.493 e. The number of rotatable bonds is 7. The van der Waals surface area contributed by atoms with Crippen LogP contribution in [0.15, 0.2) is 16.6 Å². The second-order valence-corrected chi connectivity index (χ2v) is 4.46. The van der Waals surface area contributed by atoms with Crippen LogP contribution in [0.2, 0.25) is 0 Å². The summed E-state index contributed by atoms with van der Waals surface area (Å²) in [5.41, 5.74) is 1.19. The molecule has 0 amide bonds. The van der Waals surface area contributed by atoms with Gasteiger partial charge in [-0.25, -0.2) is 0 Å². The van der Waals surface area contributed by atoms with Crippen molar-refractivity contribution in [2.24, 2.45) is 0 Å². The van der Waals surface area contributed by atoms with E-state index >= 15 is 0 Å². The van der Waals surface area contributed by atoms with Gasteiger partial charge in [0.05, 0.1) is 17.7 Å². The van der Waals surface area contributed by atoms with E-state index in [4.69, 9.17) is 9.47 Å². The summed E-state index contributed by atoms with van der Waals surface area (Å²) in [5, 5.41) is 3.14. The van der Waals surface area contributed by atoms with Crippen LogP contribution in [0.1, 0.15) is 19.4 Å². The Hall–Kier alpha value is -0.740. The highest BCUT2D eigenvalue weighted by atomic mass is 79.9. The third-order valence-electron chi connectivity index (χ3n) is 2.36. The zero-order valence-electron chi connectivity index (χ0n) is 10.7. The van der Waals surface area contributed by atoms with Crippen LogP contribution < -0.4 is 14.8 Å². The van der Waals surface area contributed by atoms with Gasteiger partial charge in [0.25, 0.3) is 0 Å². The van der Waals surface area contributed by atoms with E-state index in [-0.39, 0.29) is 0 Å². The molecule has 0 spiro atoms. The molecule has 0 aliphatic rings. The highest BCUT2D eigenvalue weighted by Gasteiger charge is 2.10. The molecule has 0 saturated carbocycles. The van der Waals surface area contributed by atoms with Crippen molar-refractivity contribution in [2.45, 2.75) is 20.3 Å². The summed E-state index contributed by atoms with van der Waals surface area (Å²) in [6, 6.07) is 4.04. The van der Waals surface area contributed by atoms with Crippen molar-refractivity contribution in [3.63, 3.8) is 0 Å². The SMILES string of the molecule is CCOc1cc(OCC)c(CCNC)cc1Br. The smallest absolute Gasteiger partial charge is 0.137 e. The third kappa shape index (κ3) is 4.21. The molecule has 0 saturated heterocycles. The largest absolute Gasteiger partial charge is 0.493 e. The van der Waals surface area contributed by atoms with Gasteiger partial charge in [0.2, 0.25) is 0 Å². The fourth-order valence-corrected chi connectivity index (χ4v) is 2.09. The van der Waals surface area contributed by atoms with Crippen LogP contribution in [0, 0.1) is 0 Å². The van der Waals surface area contributed by atoms with Crippen molar-refractivity contribution in [2.75, 3.05) is 26.8 Å². The average Bonchev–Trinajstić information content (AvgIpc) is 2.32. The Morgan fingerprint density at radius 3 is 2.35 bits per heavy atom. The molecule has 0 aliphatic carbocycles. The van der Waals surface area contributed by atoms with E-state index in [1.165, 1.54) is 5.56 Å². The molecule has 0 aromatic heterocycles. The Kier molecular flexibility index (Phi) is 6.37. The minimum atomic E-state index is 0.653. The molecule has 0 unspecified atom stereocenters.